The maximum atomic E-state index is 13.0. The van der Waals surface area contributed by atoms with E-state index in [9.17, 15) is 14.0 Å². The summed E-state index contributed by atoms with van der Waals surface area (Å²) >= 11 is 1.59. The molecule has 1 heterocycles. The molecule has 1 atom stereocenters. The summed E-state index contributed by atoms with van der Waals surface area (Å²) in [7, 11) is 0. The topological polar surface area (TPSA) is 49.4 Å². The van der Waals surface area contributed by atoms with Crippen molar-refractivity contribution in [1.29, 1.82) is 0 Å². The number of carbonyl (C=O) groups is 2. The molecule has 0 bridgehead atoms. The lowest BCUT2D eigenvalue weighted by Gasteiger charge is -2.25. The number of nitrogens with one attached hydrogen (secondary N) is 1. The second-order valence-electron chi connectivity index (χ2n) is 7.03. The number of hydrogen-bond acceptors (Lipinski definition) is 3. The summed E-state index contributed by atoms with van der Waals surface area (Å²) in [6, 6.07) is 21.0. The van der Waals surface area contributed by atoms with Gasteiger partial charge in [-0.1, -0.05) is 31.2 Å². The molecule has 1 fully saturated rings. The van der Waals surface area contributed by atoms with Crippen molar-refractivity contribution in [3.63, 3.8) is 0 Å². The van der Waals surface area contributed by atoms with Crippen LogP contribution in [0.3, 0.4) is 0 Å². The molecule has 1 aliphatic rings. The van der Waals surface area contributed by atoms with Crippen LogP contribution in [0, 0.1) is 5.82 Å². The normalized spacial score (nSPS) is 16.0. The summed E-state index contributed by atoms with van der Waals surface area (Å²) in [6.45, 7) is 2.09. The molecular weight excluding hydrogens is 399 g/mol. The number of amides is 2. The molecule has 0 aromatic heterocycles. The highest BCUT2D eigenvalue weighted by Gasteiger charge is 2.34. The van der Waals surface area contributed by atoms with E-state index in [1.165, 1.54) is 29.8 Å². The fourth-order valence-electron chi connectivity index (χ4n) is 3.41. The zero-order chi connectivity index (χ0) is 21.1. The molecule has 0 spiro atoms. The Morgan fingerprint density at radius 1 is 1.10 bits per heavy atom. The van der Waals surface area contributed by atoms with E-state index in [0.29, 0.717) is 17.0 Å². The number of thioether (sulfide) groups is 1. The number of hydrogen-bond donors (Lipinski definition) is 1. The first kappa shape index (κ1) is 20.2. The van der Waals surface area contributed by atoms with Gasteiger partial charge in [-0.25, -0.2) is 4.39 Å². The summed E-state index contributed by atoms with van der Waals surface area (Å²) in [5, 5.41) is 2.71. The highest BCUT2D eigenvalue weighted by atomic mass is 32.2. The molecule has 2 amide bonds. The zero-order valence-corrected chi connectivity index (χ0v) is 17.3. The number of benzene rings is 3. The Hall–Kier alpha value is -3.12. The maximum Gasteiger partial charge on any atom is 0.255 e. The molecule has 4 rings (SSSR count). The van der Waals surface area contributed by atoms with Crippen LogP contribution in [0.2, 0.25) is 0 Å². The van der Waals surface area contributed by atoms with Gasteiger partial charge >= 0.3 is 0 Å². The monoisotopic (exact) mass is 420 g/mol. The Morgan fingerprint density at radius 3 is 2.53 bits per heavy atom. The number of rotatable bonds is 5. The van der Waals surface area contributed by atoms with Gasteiger partial charge in [-0.15, -0.1) is 11.8 Å². The number of nitrogens with zero attached hydrogens (tertiary/aromatic N) is 1. The van der Waals surface area contributed by atoms with Gasteiger partial charge in [-0.05, 0) is 66.1 Å². The summed E-state index contributed by atoms with van der Waals surface area (Å²) < 4.78 is 13.0. The van der Waals surface area contributed by atoms with E-state index in [1.807, 2.05) is 41.3 Å². The fraction of sp³-hybridized carbons (Fsp3) is 0.167. The Bertz CT molecular complexity index is 1070. The lowest BCUT2D eigenvalue weighted by atomic mass is 10.1. The Kier molecular flexibility index (Phi) is 5.86. The molecular formula is C24H21FN2O2S. The number of aryl methyl sites for hydroxylation is 1. The van der Waals surface area contributed by atoms with E-state index in [2.05, 4.69) is 24.4 Å². The summed E-state index contributed by atoms with van der Waals surface area (Å²) in [5.74, 6) is -0.156. The number of carbonyl (C=O) groups excluding carboxylic acids is 2. The van der Waals surface area contributed by atoms with E-state index in [4.69, 9.17) is 0 Å². The van der Waals surface area contributed by atoms with Crippen molar-refractivity contribution in [3.8, 4) is 0 Å². The van der Waals surface area contributed by atoms with Crippen molar-refractivity contribution in [2.24, 2.45) is 0 Å². The van der Waals surface area contributed by atoms with Gasteiger partial charge in [-0.2, -0.15) is 0 Å². The van der Waals surface area contributed by atoms with Crippen LogP contribution in [0.15, 0.2) is 72.8 Å². The minimum Gasteiger partial charge on any atom is -0.322 e. The summed E-state index contributed by atoms with van der Waals surface area (Å²) in [4.78, 5) is 26.7. The van der Waals surface area contributed by atoms with Crippen LogP contribution in [0.1, 0.15) is 33.8 Å². The zero-order valence-electron chi connectivity index (χ0n) is 16.5. The molecule has 3 aromatic rings. The van der Waals surface area contributed by atoms with Crippen molar-refractivity contribution in [3.05, 3.63) is 95.3 Å². The van der Waals surface area contributed by atoms with E-state index >= 15 is 0 Å². The molecule has 30 heavy (non-hydrogen) atoms. The van der Waals surface area contributed by atoms with Crippen LogP contribution in [0.4, 0.5) is 15.8 Å². The van der Waals surface area contributed by atoms with Gasteiger partial charge in [0.1, 0.15) is 11.2 Å². The molecule has 152 valence electrons. The molecule has 0 radical (unpaired) electrons. The average molecular weight is 421 g/mol. The van der Waals surface area contributed by atoms with Crippen molar-refractivity contribution in [2.45, 2.75) is 18.7 Å². The smallest absolute Gasteiger partial charge is 0.255 e. The average Bonchev–Trinajstić information content (AvgIpc) is 3.16. The van der Waals surface area contributed by atoms with E-state index in [-0.39, 0.29) is 23.0 Å². The van der Waals surface area contributed by atoms with Gasteiger partial charge in [0.15, 0.2) is 0 Å². The van der Waals surface area contributed by atoms with Crippen molar-refractivity contribution >= 4 is 35.0 Å². The molecule has 0 saturated carbocycles. The Morgan fingerprint density at radius 2 is 1.83 bits per heavy atom. The summed E-state index contributed by atoms with van der Waals surface area (Å²) in [5.41, 5.74) is 4.12. The molecule has 4 nitrogen and oxygen atoms in total. The highest BCUT2D eigenvalue weighted by molar-refractivity contribution is 8.00. The predicted molar refractivity (Wildman–Crippen MR) is 119 cm³/mol. The lowest BCUT2D eigenvalue weighted by Crippen LogP contribution is -2.27. The van der Waals surface area contributed by atoms with Crippen molar-refractivity contribution in [2.75, 3.05) is 16.0 Å². The molecule has 6 heteroatoms. The standard InChI is InChI=1S/C24H21FN2O2S/c1-2-16-4-3-5-21(14-16)27-22(28)15-30-24(27)18-8-12-20(13-9-18)26-23(29)17-6-10-19(25)11-7-17/h3-14,24H,2,15H2,1H3,(H,26,29). The first-order valence-corrected chi connectivity index (χ1v) is 10.8. The molecule has 1 saturated heterocycles. The lowest BCUT2D eigenvalue weighted by molar-refractivity contribution is -0.115. The van der Waals surface area contributed by atoms with Crippen molar-refractivity contribution < 1.29 is 14.0 Å². The number of anilines is 2. The van der Waals surface area contributed by atoms with Gasteiger partial charge < -0.3 is 5.32 Å². The van der Waals surface area contributed by atoms with Gasteiger partial charge in [0.05, 0.1) is 5.75 Å². The van der Waals surface area contributed by atoms with Gasteiger partial charge in [0, 0.05) is 16.9 Å². The van der Waals surface area contributed by atoms with E-state index in [1.54, 1.807) is 11.8 Å². The third kappa shape index (κ3) is 4.24. The molecule has 1 unspecified atom stereocenters. The second kappa shape index (κ2) is 8.71. The quantitative estimate of drug-likeness (QED) is 0.600. The second-order valence-corrected chi connectivity index (χ2v) is 8.10. The number of halogens is 1. The predicted octanol–water partition coefficient (Wildman–Crippen LogP) is 5.42. The first-order valence-electron chi connectivity index (χ1n) is 9.74. The van der Waals surface area contributed by atoms with Crippen LogP contribution >= 0.6 is 11.8 Å². The fourth-order valence-corrected chi connectivity index (χ4v) is 4.59. The molecule has 0 aliphatic carbocycles. The molecule has 1 aliphatic heterocycles. The van der Waals surface area contributed by atoms with Gasteiger partial charge in [-0.3, -0.25) is 14.5 Å². The molecule has 1 N–H and O–H groups in total. The van der Waals surface area contributed by atoms with Crippen molar-refractivity contribution in [1.82, 2.24) is 0 Å². The van der Waals surface area contributed by atoms with Crippen LogP contribution in [-0.4, -0.2) is 17.6 Å². The van der Waals surface area contributed by atoms with Crippen LogP contribution in [0.5, 0.6) is 0 Å². The molecule has 3 aromatic carbocycles. The Balaban J connectivity index is 1.51. The van der Waals surface area contributed by atoms with Gasteiger partial charge in [0.2, 0.25) is 5.91 Å². The largest absolute Gasteiger partial charge is 0.322 e. The third-order valence-electron chi connectivity index (χ3n) is 5.02. The third-order valence-corrected chi connectivity index (χ3v) is 6.24. The SMILES string of the molecule is CCc1cccc(N2C(=O)CSC2c2ccc(NC(=O)c3ccc(F)cc3)cc2)c1. The first-order chi connectivity index (χ1) is 14.5. The maximum absolute atomic E-state index is 13.0. The van der Waals surface area contributed by atoms with Crippen LogP contribution < -0.4 is 10.2 Å². The van der Waals surface area contributed by atoms with E-state index < -0.39 is 0 Å². The minimum absolute atomic E-state index is 0.0898. The highest BCUT2D eigenvalue weighted by Crippen LogP contribution is 2.42. The van der Waals surface area contributed by atoms with Gasteiger partial charge in [0.25, 0.3) is 5.91 Å². The Labute approximate surface area is 179 Å². The minimum atomic E-state index is -0.381. The summed E-state index contributed by atoms with van der Waals surface area (Å²) in [6.07, 6.45) is 0.913. The van der Waals surface area contributed by atoms with E-state index in [0.717, 1.165) is 17.7 Å². The van der Waals surface area contributed by atoms with Crippen LogP contribution in [0.25, 0.3) is 0 Å². The van der Waals surface area contributed by atoms with Crippen LogP contribution in [-0.2, 0) is 11.2 Å².